The lowest BCUT2D eigenvalue weighted by molar-refractivity contribution is 0.101. The van der Waals surface area contributed by atoms with Crippen LogP contribution < -0.4 is 5.56 Å². The van der Waals surface area contributed by atoms with Crippen LogP contribution in [0.3, 0.4) is 0 Å². The molecular formula is C9H13ClN2O2. The SMILES string of the molecule is COC(C)Cn1c(C)nc(Cl)cc1=O. The number of methoxy groups -OCH3 is 1. The Bertz CT molecular complexity index is 376. The largest absolute Gasteiger partial charge is 0.380 e. The second kappa shape index (κ2) is 4.57. The van der Waals surface area contributed by atoms with Crippen molar-refractivity contribution in [1.29, 1.82) is 0 Å². The number of aromatic nitrogens is 2. The van der Waals surface area contributed by atoms with Gasteiger partial charge in [-0.15, -0.1) is 0 Å². The standard InChI is InChI=1S/C9H13ClN2O2/c1-6(14-3)5-12-7(2)11-8(10)4-9(12)13/h4,6H,5H2,1-3H3. The molecule has 1 atom stereocenters. The Labute approximate surface area is 87.5 Å². The maximum Gasteiger partial charge on any atom is 0.255 e. The number of hydrogen-bond acceptors (Lipinski definition) is 3. The summed E-state index contributed by atoms with van der Waals surface area (Å²) in [7, 11) is 1.61. The van der Waals surface area contributed by atoms with Crippen molar-refractivity contribution in [2.24, 2.45) is 0 Å². The van der Waals surface area contributed by atoms with E-state index in [0.717, 1.165) is 0 Å². The van der Waals surface area contributed by atoms with Crippen molar-refractivity contribution in [3.05, 3.63) is 27.4 Å². The van der Waals surface area contributed by atoms with Crippen LogP contribution in [0.5, 0.6) is 0 Å². The molecule has 1 aromatic heterocycles. The van der Waals surface area contributed by atoms with Gasteiger partial charge in [0.05, 0.1) is 12.6 Å². The van der Waals surface area contributed by atoms with Gasteiger partial charge in [0.2, 0.25) is 0 Å². The predicted molar refractivity (Wildman–Crippen MR) is 54.7 cm³/mol. The van der Waals surface area contributed by atoms with Gasteiger partial charge in [-0.2, -0.15) is 0 Å². The summed E-state index contributed by atoms with van der Waals surface area (Å²) in [6.07, 6.45) is -0.0191. The van der Waals surface area contributed by atoms with E-state index >= 15 is 0 Å². The van der Waals surface area contributed by atoms with Gasteiger partial charge < -0.3 is 4.74 Å². The molecule has 0 saturated heterocycles. The molecule has 0 saturated carbocycles. The third kappa shape index (κ3) is 2.56. The molecule has 0 amide bonds. The van der Waals surface area contributed by atoms with Gasteiger partial charge in [0, 0.05) is 13.2 Å². The lowest BCUT2D eigenvalue weighted by Crippen LogP contribution is -2.28. The summed E-state index contributed by atoms with van der Waals surface area (Å²) in [5, 5.41) is 0.230. The third-order valence-corrected chi connectivity index (χ3v) is 2.20. The number of hydrogen-bond donors (Lipinski definition) is 0. The highest BCUT2D eigenvalue weighted by Gasteiger charge is 2.07. The maximum atomic E-state index is 11.5. The quantitative estimate of drug-likeness (QED) is 0.715. The van der Waals surface area contributed by atoms with Crippen LogP contribution in [0.1, 0.15) is 12.7 Å². The van der Waals surface area contributed by atoms with Crippen LogP contribution in [-0.2, 0) is 11.3 Å². The van der Waals surface area contributed by atoms with E-state index in [1.54, 1.807) is 18.6 Å². The first-order chi connectivity index (χ1) is 6.54. The molecular weight excluding hydrogens is 204 g/mol. The zero-order chi connectivity index (χ0) is 10.7. The monoisotopic (exact) mass is 216 g/mol. The summed E-state index contributed by atoms with van der Waals surface area (Å²) in [6.45, 7) is 4.13. The van der Waals surface area contributed by atoms with Crippen LogP contribution in [0.15, 0.2) is 10.9 Å². The van der Waals surface area contributed by atoms with E-state index in [1.165, 1.54) is 6.07 Å². The van der Waals surface area contributed by atoms with Crippen molar-refractivity contribution in [1.82, 2.24) is 9.55 Å². The number of nitrogens with zero attached hydrogens (tertiary/aromatic N) is 2. The molecule has 0 aliphatic heterocycles. The van der Waals surface area contributed by atoms with E-state index in [4.69, 9.17) is 16.3 Å². The first kappa shape index (κ1) is 11.2. The van der Waals surface area contributed by atoms with Gasteiger partial charge >= 0.3 is 0 Å². The number of ether oxygens (including phenoxy) is 1. The van der Waals surface area contributed by atoms with Gasteiger partial charge in [-0.05, 0) is 13.8 Å². The number of halogens is 1. The van der Waals surface area contributed by atoms with Crippen molar-refractivity contribution in [3.63, 3.8) is 0 Å². The number of rotatable bonds is 3. The van der Waals surface area contributed by atoms with Crippen LogP contribution in [0.25, 0.3) is 0 Å². The van der Waals surface area contributed by atoms with Crippen molar-refractivity contribution < 1.29 is 4.74 Å². The Kier molecular flexibility index (Phi) is 3.66. The summed E-state index contributed by atoms with van der Waals surface area (Å²) < 4.78 is 6.62. The summed E-state index contributed by atoms with van der Waals surface area (Å²) in [4.78, 5) is 15.5. The average Bonchev–Trinajstić information content (AvgIpc) is 2.10. The summed E-state index contributed by atoms with van der Waals surface area (Å²) in [5.41, 5.74) is -0.147. The zero-order valence-electron chi connectivity index (χ0n) is 8.45. The van der Waals surface area contributed by atoms with E-state index in [-0.39, 0.29) is 16.8 Å². The van der Waals surface area contributed by atoms with Gasteiger partial charge in [0.1, 0.15) is 11.0 Å². The normalized spacial score (nSPS) is 12.9. The first-order valence-electron chi connectivity index (χ1n) is 4.31. The summed E-state index contributed by atoms with van der Waals surface area (Å²) in [6, 6.07) is 1.30. The van der Waals surface area contributed by atoms with E-state index < -0.39 is 0 Å². The van der Waals surface area contributed by atoms with Crippen LogP contribution in [0, 0.1) is 6.92 Å². The van der Waals surface area contributed by atoms with Gasteiger partial charge in [0.25, 0.3) is 5.56 Å². The Hall–Kier alpha value is -0.870. The highest BCUT2D eigenvalue weighted by Crippen LogP contribution is 2.02. The summed E-state index contributed by atoms with van der Waals surface area (Å²) in [5.74, 6) is 0.603. The Morgan fingerprint density at radius 2 is 2.36 bits per heavy atom. The second-order valence-electron chi connectivity index (χ2n) is 3.12. The highest BCUT2D eigenvalue weighted by molar-refractivity contribution is 6.29. The fourth-order valence-electron chi connectivity index (χ4n) is 1.14. The fourth-order valence-corrected chi connectivity index (χ4v) is 1.36. The molecule has 0 aromatic carbocycles. The minimum Gasteiger partial charge on any atom is -0.380 e. The minimum absolute atomic E-state index is 0.0191. The lowest BCUT2D eigenvalue weighted by atomic mass is 10.4. The van der Waals surface area contributed by atoms with E-state index in [1.807, 2.05) is 6.92 Å². The molecule has 1 heterocycles. The second-order valence-corrected chi connectivity index (χ2v) is 3.51. The van der Waals surface area contributed by atoms with Crippen molar-refractivity contribution >= 4 is 11.6 Å². The molecule has 1 rings (SSSR count). The molecule has 1 unspecified atom stereocenters. The molecule has 0 bridgehead atoms. The fraction of sp³-hybridized carbons (Fsp3) is 0.556. The third-order valence-electron chi connectivity index (χ3n) is 2.01. The Morgan fingerprint density at radius 1 is 1.71 bits per heavy atom. The molecule has 0 aliphatic carbocycles. The van der Waals surface area contributed by atoms with Crippen LogP contribution in [-0.4, -0.2) is 22.8 Å². The summed E-state index contributed by atoms with van der Waals surface area (Å²) >= 11 is 5.64. The van der Waals surface area contributed by atoms with Gasteiger partial charge in [-0.3, -0.25) is 9.36 Å². The van der Waals surface area contributed by atoms with Crippen molar-refractivity contribution in [2.45, 2.75) is 26.5 Å². The zero-order valence-corrected chi connectivity index (χ0v) is 9.21. The topological polar surface area (TPSA) is 44.1 Å². The van der Waals surface area contributed by atoms with E-state index in [9.17, 15) is 4.79 Å². The molecule has 0 spiro atoms. The molecule has 0 fully saturated rings. The van der Waals surface area contributed by atoms with Gasteiger partial charge in [-0.1, -0.05) is 11.6 Å². The molecule has 5 heteroatoms. The molecule has 1 aromatic rings. The van der Waals surface area contributed by atoms with Crippen LogP contribution in [0.2, 0.25) is 5.15 Å². The maximum absolute atomic E-state index is 11.5. The smallest absolute Gasteiger partial charge is 0.255 e. The Balaban J connectivity index is 3.03. The molecule has 0 N–H and O–H groups in total. The van der Waals surface area contributed by atoms with Crippen molar-refractivity contribution in [2.75, 3.05) is 7.11 Å². The van der Waals surface area contributed by atoms with Crippen molar-refractivity contribution in [3.8, 4) is 0 Å². The molecule has 78 valence electrons. The molecule has 0 radical (unpaired) electrons. The molecule has 4 nitrogen and oxygen atoms in total. The molecule has 0 aliphatic rings. The predicted octanol–water partition coefficient (Wildman–Crippen LogP) is 1.24. The van der Waals surface area contributed by atoms with Gasteiger partial charge in [0.15, 0.2) is 0 Å². The molecule has 14 heavy (non-hydrogen) atoms. The minimum atomic E-state index is -0.147. The number of aryl methyl sites for hydroxylation is 1. The first-order valence-corrected chi connectivity index (χ1v) is 4.69. The van der Waals surface area contributed by atoms with Crippen LogP contribution in [0.4, 0.5) is 0 Å². The van der Waals surface area contributed by atoms with E-state index in [2.05, 4.69) is 4.98 Å². The average molecular weight is 217 g/mol. The van der Waals surface area contributed by atoms with E-state index in [0.29, 0.717) is 12.4 Å². The van der Waals surface area contributed by atoms with Crippen LogP contribution >= 0.6 is 11.6 Å². The highest BCUT2D eigenvalue weighted by atomic mass is 35.5. The Morgan fingerprint density at radius 3 is 2.86 bits per heavy atom. The van der Waals surface area contributed by atoms with Gasteiger partial charge in [-0.25, -0.2) is 4.98 Å². The lowest BCUT2D eigenvalue weighted by Gasteiger charge is -2.13.